The van der Waals surface area contributed by atoms with Crippen molar-refractivity contribution in [3.8, 4) is 11.5 Å². The van der Waals surface area contributed by atoms with Crippen LogP contribution >= 0.6 is 24.0 Å². The van der Waals surface area contributed by atoms with Gasteiger partial charge < -0.3 is 25.2 Å². The molecule has 31 heavy (non-hydrogen) atoms. The van der Waals surface area contributed by atoms with Crippen molar-refractivity contribution in [3.05, 3.63) is 59.2 Å². The number of hydrogen-bond donors (Lipinski definition) is 3. The molecule has 0 aliphatic carbocycles. The minimum Gasteiger partial charge on any atom is -0.497 e. The second-order valence-corrected chi connectivity index (χ2v) is 6.44. The minimum absolute atomic E-state index is 0. The van der Waals surface area contributed by atoms with Crippen molar-refractivity contribution in [2.24, 2.45) is 4.99 Å². The zero-order valence-corrected chi connectivity index (χ0v) is 19.8. The van der Waals surface area contributed by atoms with Crippen molar-refractivity contribution >= 4 is 29.9 Å². The lowest BCUT2D eigenvalue weighted by Gasteiger charge is -2.17. The van der Waals surface area contributed by atoms with Crippen LogP contribution in [0.4, 0.5) is 13.2 Å². The van der Waals surface area contributed by atoms with Crippen LogP contribution in [-0.2, 0) is 12.7 Å². The molecule has 0 heterocycles. The maximum Gasteiger partial charge on any atom is 0.416 e. The van der Waals surface area contributed by atoms with Gasteiger partial charge in [0.25, 0.3) is 0 Å². The Morgan fingerprint density at radius 2 is 1.71 bits per heavy atom. The van der Waals surface area contributed by atoms with E-state index in [0.29, 0.717) is 35.1 Å². The number of aliphatic imine (C=N–C) groups is 1. The molecule has 0 fully saturated rings. The third-order valence-corrected chi connectivity index (χ3v) is 4.24. The highest BCUT2D eigenvalue weighted by molar-refractivity contribution is 14.0. The Morgan fingerprint density at radius 1 is 1.06 bits per heavy atom. The first kappa shape index (κ1) is 26.8. The van der Waals surface area contributed by atoms with E-state index in [4.69, 9.17) is 9.47 Å². The summed E-state index contributed by atoms with van der Waals surface area (Å²) in [5.41, 5.74) is 0.308. The van der Waals surface area contributed by atoms with Gasteiger partial charge in [0.1, 0.15) is 11.5 Å². The molecule has 0 saturated heterocycles. The number of hydrogen-bond acceptors (Lipinski definition) is 4. The van der Waals surface area contributed by atoms with Gasteiger partial charge in [-0.3, -0.25) is 0 Å². The number of guanidine groups is 1. The first-order valence-electron chi connectivity index (χ1n) is 9.36. The number of nitrogens with one attached hydrogen (secondary N) is 2. The molecule has 0 saturated carbocycles. The molecule has 0 bridgehead atoms. The summed E-state index contributed by atoms with van der Waals surface area (Å²) in [6.45, 7) is 2.61. The van der Waals surface area contributed by atoms with Gasteiger partial charge >= 0.3 is 6.18 Å². The van der Waals surface area contributed by atoms with E-state index in [2.05, 4.69) is 15.6 Å². The van der Waals surface area contributed by atoms with E-state index in [9.17, 15) is 18.3 Å². The third kappa shape index (κ3) is 8.44. The van der Waals surface area contributed by atoms with Crippen LogP contribution in [0.1, 0.15) is 29.7 Å². The molecule has 0 aliphatic rings. The molecule has 0 aromatic heterocycles. The lowest BCUT2D eigenvalue weighted by atomic mass is 10.1. The van der Waals surface area contributed by atoms with Gasteiger partial charge in [0.05, 0.1) is 32.4 Å². The van der Waals surface area contributed by atoms with Crippen LogP contribution in [0.15, 0.2) is 47.5 Å². The van der Waals surface area contributed by atoms with Crippen molar-refractivity contribution in [2.75, 3.05) is 27.3 Å². The lowest BCUT2D eigenvalue weighted by molar-refractivity contribution is -0.137. The van der Waals surface area contributed by atoms with Gasteiger partial charge in [0.15, 0.2) is 5.96 Å². The highest BCUT2D eigenvalue weighted by Gasteiger charge is 2.30. The van der Waals surface area contributed by atoms with Crippen molar-refractivity contribution in [2.45, 2.75) is 25.7 Å². The maximum atomic E-state index is 12.9. The Balaban J connectivity index is 0.00000480. The molecule has 1 unspecified atom stereocenters. The topological polar surface area (TPSA) is 75.1 Å². The highest BCUT2D eigenvalue weighted by Crippen LogP contribution is 2.29. The molecule has 172 valence electrons. The first-order chi connectivity index (χ1) is 14.3. The van der Waals surface area contributed by atoms with E-state index in [1.807, 2.05) is 6.92 Å². The van der Waals surface area contributed by atoms with Crippen LogP contribution in [0.5, 0.6) is 11.5 Å². The number of aliphatic hydroxyl groups is 1. The summed E-state index contributed by atoms with van der Waals surface area (Å²) in [6.07, 6.45) is -5.28. The van der Waals surface area contributed by atoms with Gasteiger partial charge in [-0.15, -0.1) is 24.0 Å². The van der Waals surface area contributed by atoms with Crippen molar-refractivity contribution < 1.29 is 27.8 Å². The summed E-state index contributed by atoms with van der Waals surface area (Å²) in [7, 11) is 3.04. The van der Waals surface area contributed by atoms with Crippen LogP contribution < -0.4 is 20.1 Å². The summed E-state index contributed by atoms with van der Waals surface area (Å²) in [6, 6.07) is 10.1. The van der Waals surface area contributed by atoms with Gasteiger partial charge in [-0.25, -0.2) is 4.99 Å². The minimum atomic E-state index is -4.40. The predicted molar refractivity (Wildman–Crippen MR) is 124 cm³/mol. The fourth-order valence-electron chi connectivity index (χ4n) is 2.69. The van der Waals surface area contributed by atoms with Gasteiger partial charge in [-0.1, -0.05) is 12.1 Å². The SMILES string of the molecule is CCNC(=NCc1cccc(C(F)(F)F)c1)NCC(O)c1cc(OC)cc(OC)c1.I. The van der Waals surface area contributed by atoms with Gasteiger partial charge in [-0.05, 0) is 42.3 Å². The number of alkyl halides is 3. The molecule has 0 spiro atoms. The molecule has 2 aromatic carbocycles. The summed E-state index contributed by atoms with van der Waals surface area (Å²) >= 11 is 0. The normalized spacial score (nSPS) is 12.5. The highest BCUT2D eigenvalue weighted by atomic mass is 127. The zero-order valence-electron chi connectivity index (χ0n) is 17.5. The molecule has 6 nitrogen and oxygen atoms in total. The number of halogens is 4. The standard InChI is InChI=1S/C21H26F3N3O3.HI/c1-4-25-20(26-12-14-6-5-7-16(8-14)21(22,23)24)27-13-19(28)15-9-17(29-2)11-18(10-15)30-3;/h5-11,19,28H,4,12-13H2,1-3H3,(H2,25,26,27);1H. The summed E-state index contributed by atoms with van der Waals surface area (Å²) in [5, 5.41) is 16.5. The van der Waals surface area contributed by atoms with E-state index in [1.54, 1.807) is 24.3 Å². The quantitative estimate of drug-likeness (QED) is 0.261. The van der Waals surface area contributed by atoms with Crippen LogP contribution in [0, 0.1) is 0 Å². The third-order valence-electron chi connectivity index (χ3n) is 4.24. The monoisotopic (exact) mass is 553 g/mol. The fourth-order valence-corrected chi connectivity index (χ4v) is 2.69. The molecular weight excluding hydrogens is 526 g/mol. The van der Waals surface area contributed by atoms with Crippen LogP contribution in [0.25, 0.3) is 0 Å². The summed E-state index contributed by atoms with van der Waals surface area (Å²) in [4.78, 5) is 4.31. The smallest absolute Gasteiger partial charge is 0.416 e. The Morgan fingerprint density at radius 3 is 2.26 bits per heavy atom. The molecule has 1 atom stereocenters. The molecule has 2 aromatic rings. The fraction of sp³-hybridized carbons (Fsp3) is 0.381. The van der Waals surface area contributed by atoms with E-state index in [-0.39, 0.29) is 37.1 Å². The van der Waals surface area contributed by atoms with Crippen molar-refractivity contribution in [1.29, 1.82) is 0 Å². The maximum absolute atomic E-state index is 12.9. The van der Waals surface area contributed by atoms with E-state index in [0.717, 1.165) is 12.1 Å². The van der Waals surface area contributed by atoms with E-state index >= 15 is 0 Å². The van der Waals surface area contributed by atoms with Gasteiger partial charge in [0.2, 0.25) is 0 Å². The number of nitrogens with zero attached hydrogens (tertiary/aromatic N) is 1. The Hall–Kier alpha value is -2.21. The van der Waals surface area contributed by atoms with Crippen LogP contribution in [0.3, 0.4) is 0 Å². The van der Waals surface area contributed by atoms with Gasteiger partial charge in [0, 0.05) is 19.2 Å². The van der Waals surface area contributed by atoms with Crippen LogP contribution in [0.2, 0.25) is 0 Å². The predicted octanol–water partition coefficient (Wildman–Crippen LogP) is 4.13. The van der Waals surface area contributed by atoms with E-state index in [1.165, 1.54) is 20.3 Å². The number of rotatable bonds is 8. The molecule has 0 aliphatic heterocycles. The second kappa shape index (κ2) is 12.6. The zero-order chi connectivity index (χ0) is 22.1. The average Bonchev–Trinajstić information content (AvgIpc) is 2.74. The Kier molecular flexibility index (Phi) is 10.9. The Bertz CT molecular complexity index is 841. The first-order valence-corrected chi connectivity index (χ1v) is 9.36. The molecular formula is C21H27F3IN3O3. The van der Waals surface area contributed by atoms with Gasteiger partial charge in [-0.2, -0.15) is 13.2 Å². The van der Waals surface area contributed by atoms with Crippen LogP contribution in [-0.4, -0.2) is 38.4 Å². The number of methoxy groups -OCH3 is 2. The number of benzene rings is 2. The summed E-state index contributed by atoms with van der Waals surface area (Å²) < 4.78 is 49.0. The molecule has 0 amide bonds. The second-order valence-electron chi connectivity index (χ2n) is 6.44. The largest absolute Gasteiger partial charge is 0.497 e. The molecule has 3 N–H and O–H groups in total. The van der Waals surface area contributed by atoms with Crippen molar-refractivity contribution in [3.63, 3.8) is 0 Å². The lowest BCUT2D eigenvalue weighted by Crippen LogP contribution is -2.39. The molecule has 10 heteroatoms. The van der Waals surface area contributed by atoms with Crippen molar-refractivity contribution in [1.82, 2.24) is 10.6 Å². The number of aliphatic hydroxyl groups excluding tert-OH is 1. The summed E-state index contributed by atoms with van der Waals surface area (Å²) in [5.74, 6) is 1.48. The Labute approximate surface area is 196 Å². The average molecular weight is 553 g/mol. The molecule has 0 radical (unpaired) electrons. The molecule has 2 rings (SSSR count). The number of ether oxygens (including phenoxy) is 2. The van der Waals surface area contributed by atoms with E-state index < -0.39 is 17.8 Å².